The van der Waals surface area contributed by atoms with Crippen LogP contribution in [0.25, 0.3) is 0 Å². The number of para-hydroxylation sites is 1. The van der Waals surface area contributed by atoms with Crippen molar-refractivity contribution in [3.05, 3.63) is 59.1 Å². The second-order valence-corrected chi connectivity index (χ2v) is 6.99. The first-order valence-corrected chi connectivity index (χ1v) is 9.49. The van der Waals surface area contributed by atoms with Crippen molar-refractivity contribution in [2.24, 2.45) is 4.99 Å². The van der Waals surface area contributed by atoms with Crippen molar-refractivity contribution in [3.63, 3.8) is 0 Å². The van der Waals surface area contributed by atoms with Crippen LogP contribution in [0.4, 0.5) is 29.3 Å². The number of imide groups is 1. The number of carbonyl (C=O) groups excluding carboxylic acids is 2. The average molecular weight is 459 g/mol. The van der Waals surface area contributed by atoms with E-state index in [1.165, 1.54) is 25.2 Å². The molecule has 0 saturated carbocycles. The summed E-state index contributed by atoms with van der Waals surface area (Å²) in [6, 6.07) is 9.99. The van der Waals surface area contributed by atoms with Crippen molar-refractivity contribution >= 4 is 52.4 Å². The van der Waals surface area contributed by atoms with Gasteiger partial charge in [0.15, 0.2) is 0 Å². The zero-order chi connectivity index (χ0) is 22.1. The molecule has 3 rings (SSSR count). The molecule has 0 radical (unpaired) electrons. The largest absolute Gasteiger partial charge is 0.416 e. The molecule has 1 N–H and O–H groups in total. The molecule has 11 heteroatoms. The molecular weight excluding hydrogens is 444 g/mol. The van der Waals surface area contributed by atoms with Crippen molar-refractivity contribution in [2.45, 2.75) is 12.3 Å². The summed E-state index contributed by atoms with van der Waals surface area (Å²) in [4.78, 5) is 31.5. The molecule has 2 aromatic rings. The Hall–Kier alpha value is -2.78. The molecule has 1 unspecified atom stereocenters. The van der Waals surface area contributed by atoms with Gasteiger partial charge < -0.3 is 5.32 Å². The van der Waals surface area contributed by atoms with Crippen LogP contribution < -0.4 is 10.2 Å². The fourth-order valence-corrected chi connectivity index (χ4v) is 3.13. The van der Waals surface area contributed by atoms with Gasteiger partial charge in [0.2, 0.25) is 5.84 Å². The number of nitrogens with zero attached hydrogens (tertiary/aromatic N) is 3. The zero-order valence-corrected chi connectivity index (χ0v) is 17.0. The zero-order valence-electron chi connectivity index (χ0n) is 15.5. The maximum atomic E-state index is 12.8. The Morgan fingerprint density at radius 2 is 1.73 bits per heavy atom. The number of amidine groups is 1. The Balaban J connectivity index is 1.84. The van der Waals surface area contributed by atoms with E-state index in [1.807, 2.05) is 0 Å². The quantitative estimate of drug-likeness (QED) is 0.515. The Labute approximate surface area is 179 Å². The average Bonchev–Trinajstić information content (AvgIpc) is 2.91. The van der Waals surface area contributed by atoms with Crippen LogP contribution in [0.3, 0.4) is 0 Å². The van der Waals surface area contributed by atoms with E-state index in [2.05, 4.69) is 10.3 Å². The van der Waals surface area contributed by atoms with Crippen LogP contribution in [0, 0.1) is 0 Å². The standard InChI is InChI=1S/C19H15Cl2F3N4O2/c1-27-16(17(29)28(18(27)30)14-5-3-2-4-13(14)21)26-15(10-20)25-12-8-6-11(7-9-12)19(22,23)24/h2-9,15,25H,10H2,1H3. The van der Waals surface area contributed by atoms with Gasteiger partial charge in [-0.15, -0.1) is 11.6 Å². The fourth-order valence-electron chi connectivity index (χ4n) is 2.76. The van der Waals surface area contributed by atoms with E-state index in [1.54, 1.807) is 18.2 Å². The van der Waals surface area contributed by atoms with E-state index in [0.717, 1.165) is 21.9 Å². The van der Waals surface area contributed by atoms with E-state index in [4.69, 9.17) is 23.2 Å². The molecule has 6 nitrogen and oxygen atoms in total. The molecular formula is C19H15Cl2F3N4O2. The number of likely N-dealkylation sites (N-methyl/N-ethyl adjacent to an activating group) is 1. The first-order valence-electron chi connectivity index (χ1n) is 8.57. The summed E-state index contributed by atoms with van der Waals surface area (Å²) in [5.41, 5.74) is -0.266. The van der Waals surface area contributed by atoms with Crippen LogP contribution >= 0.6 is 23.2 Å². The molecule has 3 amide bonds. The number of aliphatic imine (C=N–C) groups is 1. The monoisotopic (exact) mass is 458 g/mol. The van der Waals surface area contributed by atoms with Gasteiger partial charge in [0.25, 0.3) is 0 Å². The molecule has 0 aliphatic carbocycles. The van der Waals surface area contributed by atoms with E-state index in [0.29, 0.717) is 5.69 Å². The number of anilines is 2. The number of alkyl halides is 4. The third kappa shape index (κ3) is 4.36. The van der Waals surface area contributed by atoms with Gasteiger partial charge in [0.1, 0.15) is 6.17 Å². The summed E-state index contributed by atoms with van der Waals surface area (Å²) >= 11 is 12.0. The van der Waals surface area contributed by atoms with Crippen molar-refractivity contribution < 1.29 is 22.8 Å². The van der Waals surface area contributed by atoms with Gasteiger partial charge in [-0.1, -0.05) is 23.7 Å². The van der Waals surface area contributed by atoms with E-state index in [9.17, 15) is 22.8 Å². The number of halogens is 5. The summed E-state index contributed by atoms with van der Waals surface area (Å²) in [6.45, 7) is 0. The van der Waals surface area contributed by atoms with Gasteiger partial charge in [-0.25, -0.2) is 14.7 Å². The minimum absolute atomic E-state index is 0.105. The summed E-state index contributed by atoms with van der Waals surface area (Å²) in [5.74, 6) is -0.976. The Kier molecular flexibility index (Phi) is 6.23. The number of urea groups is 1. The van der Waals surface area contributed by atoms with E-state index >= 15 is 0 Å². The summed E-state index contributed by atoms with van der Waals surface area (Å²) in [5, 5.41) is 3.05. The van der Waals surface area contributed by atoms with Crippen LogP contribution in [0.1, 0.15) is 5.56 Å². The minimum atomic E-state index is -4.45. The number of benzene rings is 2. The molecule has 0 spiro atoms. The van der Waals surface area contributed by atoms with Gasteiger partial charge in [-0.2, -0.15) is 13.2 Å². The van der Waals surface area contributed by atoms with Crippen LogP contribution in [0.5, 0.6) is 0 Å². The number of hydrogen-bond acceptors (Lipinski definition) is 4. The predicted octanol–water partition coefficient (Wildman–Crippen LogP) is 4.83. The highest BCUT2D eigenvalue weighted by atomic mass is 35.5. The van der Waals surface area contributed by atoms with Crippen LogP contribution in [0.15, 0.2) is 53.5 Å². The number of hydrogen-bond donors (Lipinski definition) is 1. The smallest absolute Gasteiger partial charge is 0.363 e. The second-order valence-electron chi connectivity index (χ2n) is 6.28. The predicted molar refractivity (Wildman–Crippen MR) is 109 cm³/mol. The summed E-state index contributed by atoms with van der Waals surface area (Å²) < 4.78 is 38.1. The Morgan fingerprint density at radius 3 is 2.30 bits per heavy atom. The maximum Gasteiger partial charge on any atom is 0.416 e. The number of carbonyl (C=O) groups is 2. The lowest BCUT2D eigenvalue weighted by atomic mass is 10.2. The van der Waals surface area contributed by atoms with Gasteiger partial charge in [0, 0.05) is 12.7 Å². The molecule has 2 aromatic carbocycles. The number of amides is 3. The fraction of sp³-hybridized carbons (Fsp3) is 0.211. The van der Waals surface area contributed by atoms with Gasteiger partial charge in [0.05, 0.1) is 22.2 Å². The third-order valence-corrected chi connectivity index (χ3v) is 4.87. The van der Waals surface area contributed by atoms with Crippen molar-refractivity contribution in [1.82, 2.24) is 4.90 Å². The van der Waals surface area contributed by atoms with Crippen molar-refractivity contribution in [1.29, 1.82) is 0 Å². The van der Waals surface area contributed by atoms with Crippen LogP contribution in [-0.2, 0) is 11.0 Å². The highest BCUT2D eigenvalue weighted by molar-refractivity contribution is 6.55. The van der Waals surface area contributed by atoms with Crippen LogP contribution in [-0.4, -0.2) is 41.8 Å². The summed E-state index contributed by atoms with van der Waals surface area (Å²) in [6.07, 6.45) is -5.32. The van der Waals surface area contributed by atoms with Gasteiger partial charge in [-0.05, 0) is 36.4 Å². The van der Waals surface area contributed by atoms with Crippen molar-refractivity contribution in [3.8, 4) is 0 Å². The second kappa shape index (κ2) is 8.53. The molecule has 1 atom stereocenters. The first kappa shape index (κ1) is 21.9. The SMILES string of the molecule is CN1C(=O)N(c2ccccc2Cl)C(=O)C1=NC(CCl)Nc1ccc(C(F)(F)F)cc1. The maximum absolute atomic E-state index is 12.8. The minimum Gasteiger partial charge on any atom is -0.363 e. The topological polar surface area (TPSA) is 65.0 Å². The van der Waals surface area contributed by atoms with E-state index < -0.39 is 29.8 Å². The molecule has 0 aromatic heterocycles. The third-order valence-electron chi connectivity index (χ3n) is 4.25. The normalized spacial score (nSPS) is 17.1. The van der Waals surface area contributed by atoms with Crippen LogP contribution in [0.2, 0.25) is 5.02 Å². The lowest BCUT2D eigenvalue weighted by Gasteiger charge is -2.16. The lowest BCUT2D eigenvalue weighted by molar-refractivity contribution is -0.137. The Bertz CT molecular complexity index is 996. The van der Waals surface area contributed by atoms with E-state index in [-0.39, 0.29) is 22.4 Å². The Morgan fingerprint density at radius 1 is 1.10 bits per heavy atom. The number of rotatable bonds is 5. The highest BCUT2D eigenvalue weighted by Crippen LogP contribution is 2.31. The molecule has 0 bridgehead atoms. The molecule has 30 heavy (non-hydrogen) atoms. The molecule has 1 heterocycles. The molecule has 1 saturated heterocycles. The molecule has 1 aliphatic rings. The highest BCUT2D eigenvalue weighted by Gasteiger charge is 2.42. The summed E-state index contributed by atoms with van der Waals surface area (Å²) in [7, 11) is 1.37. The van der Waals surface area contributed by atoms with Gasteiger partial charge >= 0.3 is 18.1 Å². The lowest BCUT2D eigenvalue weighted by Crippen LogP contribution is -2.31. The van der Waals surface area contributed by atoms with Crippen molar-refractivity contribution in [2.75, 3.05) is 23.1 Å². The number of nitrogens with one attached hydrogen (secondary N) is 1. The van der Waals surface area contributed by atoms with Gasteiger partial charge in [-0.3, -0.25) is 9.69 Å². The molecule has 1 fully saturated rings. The molecule has 1 aliphatic heterocycles. The first-order chi connectivity index (χ1) is 14.1. The molecule has 158 valence electrons.